The monoisotopic (exact) mass is 233 g/mol. The summed E-state index contributed by atoms with van der Waals surface area (Å²) in [5.74, 6) is 0.0873. The molecule has 1 unspecified atom stereocenters. The van der Waals surface area contributed by atoms with Gasteiger partial charge in [-0.2, -0.15) is 0 Å². The van der Waals surface area contributed by atoms with Gasteiger partial charge in [-0.15, -0.1) is 0 Å². The molecule has 0 saturated carbocycles. The maximum Gasteiger partial charge on any atom is 0.268 e. The first-order chi connectivity index (χ1) is 5.57. The number of hydrogen-bond acceptors (Lipinski definition) is 2. The van der Waals surface area contributed by atoms with Gasteiger partial charge in [0.2, 0.25) is 0 Å². The smallest absolute Gasteiger partial charge is 0.268 e. The normalized spacial score (nSPS) is 13.3. The van der Waals surface area contributed by atoms with Crippen LogP contribution in [0.4, 0.5) is 0 Å². The Balaban J connectivity index is 3.22. The molecule has 0 aromatic carbocycles. The highest BCUT2D eigenvalue weighted by Gasteiger charge is 2.15. The fourth-order valence-corrected chi connectivity index (χ4v) is 1.74. The molecule has 0 aliphatic rings. The van der Waals surface area contributed by atoms with E-state index in [-0.39, 0.29) is 11.5 Å². The first-order valence-electron chi connectivity index (χ1n) is 3.72. The molecule has 0 bridgehead atoms. The van der Waals surface area contributed by atoms with Gasteiger partial charge in [0.15, 0.2) is 0 Å². The number of rotatable bonds is 2. The Morgan fingerprint density at radius 2 is 2.33 bits per heavy atom. The number of H-pyrrole nitrogens is 1. The highest BCUT2D eigenvalue weighted by molar-refractivity contribution is 9.10. The van der Waals surface area contributed by atoms with E-state index in [4.69, 9.17) is 5.73 Å². The second kappa shape index (κ2) is 3.45. The van der Waals surface area contributed by atoms with Gasteiger partial charge in [-0.3, -0.25) is 14.6 Å². The van der Waals surface area contributed by atoms with Gasteiger partial charge in [0, 0.05) is 13.0 Å². The molecule has 1 rings (SSSR count). The SMILES string of the molecule is CC(CN)c1c(Br)n(C)[nH]c1=O. The molecule has 0 aliphatic heterocycles. The molecule has 68 valence electrons. The van der Waals surface area contributed by atoms with Crippen LogP contribution in [0, 0.1) is 0 Å². The highest BCUT2D eigenvalue weighted by Crippen LogP contribution is 2.19. The second-order valence-electron chi connectivity index (χ2n) is 2.84. The van der Waals surface area contributed by atoms with Gasteiger partial charge in [0.1, 0.15) is 4.60 Å². The quantitative estimate of drug-likeness (QED) is 0.784. The van der Waals surface area contributed by atoms with Crippen molar-refractivity contribution in [2.45, 2.75) is 12.8 Å². The summed E-state index contributed by atoms with van der Waals surface area (Å²) >= 11 is 3.32. The van der Waals surface area contributed by atoms with Crippen LogP contribution in [0.15, 0.2) is 9.40 Å². The number of nitrogens with two attached hydrogens (primary N) is 1. The van der Waals surface area contributed by atoms with Crippen molar-refractivity contribution in [2.75, 3.05) is 6.54 Å². The Morgan fingerprint density at radius 3 is 2.67 bits per heavy atom. The summed E-state index contributed by atoms with van der Waals surface area (Å²) in [7, 11) is 1.78. The molecular weight excluding hydrogens is 222 g/mol. The number of aromatic nitrogens is 2. The predicted molar refractivity (Wildman–Crippen MR) is 51.2 cm³/mol. The summed E-state index contributed by atoms with van der Waals surface area (Å²) in [5, 5.41) is 2.65. The fourth-order valence-electron chi connectivity index (χ4n) is 1.08. The summed E-state index contributed by atoms with van der Waals surface area (Å²) in [4.78, 5) is 11.3. The molecule has 0 spiro atoms. The largest absolute Gasteiger partial charge is 0.330 e. The van der Waals surface area contributed by atoms with Crippen molar-refractivity contribution in [2.24, 2.45) is 12.8 Å². The van der Waals surface area contributed by atoms with E-state index in [1.54, 1.807) is 11.7 Å². The van der Waals surface area contributed by atoms with Gasteiger partial charge in [0.05, 0.1) is 5.56 Å². The van der Waals surface area contributed by atoms with Crippen molar-refractivity contribution in [3.63, 3.8) is 0 Å². The van der Waals surface area contributed by atoms with Crippen molar-refractivity contribution in [1.82, 2.24) is 9.78 Å². The Bertz CT molecular complexity index is 328. The average Bonchev–Trinajstić information content (AvgIpc) is 2.26. The molecule has 0 radical (unpaired) electrons. The molecule has 1 heterocycles. The van der Waals surface area contributed by atoms with E-state index in [9.17, 15) is 4.79 Å². The average molecular weight is 234 g/mol. The van der Waals surface area contributed by atoms with E-state index >= 15 is 0 Å². The van der Waals surface area contributed by atoms with Crippen molar-refractivity contribution in [1.29, 1.82) is 0 Å². The number of hydrogen-bond donors (Lipinski definition) is 2. The van der Waals surface area contributed by atoms with Crippen LogP contribution < -0.4 is 11.3 Å². The van der Waals surface area contributed by atoms with Crippen LogP contribution in [0.3, 0.4) is 0 Å². The van der Waals surface area contributed by atoms with Gasteiger partial charge in [-0.05, 0) is 22.5 Å². The number of aromatic amines is 1. The molecule has 0 aliphatic carbocycles. The minimum atomic E-state index is -0.0673. The van der Waals surface area contributed by atoms with Crippen molar-refractivity contribution in [3.8, 4) is 0 Å². The van der Waals surface area contributed by atoms with E-state index in [1.165, 1.54) is 0 Å². The van der Waals surface area contributed by atoms with Crippen LogP contribution in [-0.4, -0.2) is 16.3 Å². The molecule has 1 aromatic heterocycles. The molecule has 0 amide bonds. The Morgan fingerprint density at radius 1 is 1.75 bits per heavy atom. The van der Waals surface area contributed by atoms with Crippen LogP contribution in [0.2, 0.25) is 0 Å². The topological polar surface area (TPSA) is 63.8 Å². The first kappa shape index (κ1) is 9.54. The van der Waals surface area contributed by atoms with E-state index < -0.39 is 0 Å². The van der Waals surface area contributed by atoms with Gasteiger partial charge < -0.3 is 5.73 Å². The number of nitrogens with one attached hydrogen (secondary N) is 1. The molecule has 0 fully saturated rings. The minimum absolute atomic E-state index is 0.0673. The van der Waals surface area contributed by atoms with Crippen LogP contribution >= 0.6 is 15.9 Å². The summed E-state index contributed by atoms with van der Waals surface area (Å²) in [6.07, 6.45) is 0. The number of halogens is 1. The highest BCUT2D eigenvalue weighted by atomic mass is 79.9. The molecule has 3 N–H and O–H groups in total. The lowest BCUT2D eigenvalue weighted by Gasteiger charge is -2.04. The molecular formula is C7H12BrN3O. The van der Waals surface area contributed by atoms with Crippen molar-refractivity contribution < 1.29 is 0 Å². The first-order valence-corrected chi connectivity index (χ1v) is 4.51. The third-order valence-corrected chi connectivity index (χ3v) is 2.84. The molecule has 1 aromatic rings. The van der Waals surface area contributed by atoms with E-state index in [2.05, 4.69) is 21.0 Å². The molecule has 0 saturated heterocycles. The summed E-state index contributed by atoms with van der Waals surface area (Å²) in [6, 6.07) is 0. The standard InChI is InChI=1S/C7H12BrN3O/c1-4(3-9)5-6(8)11(2)10-7(5)12/h4H,3,9H2,1-2H3,(H,10,12). The summed E-state index contributed by atoms with van der Waals surface area (Å²) in [6.45, 7) is 2.40. The lowest BCUT2D eigenvalue weighted by Crippen LogP contribution is -2.16. The zero-order valence-corrected chi connectivity index (χ0v) is 8.68. The summed E-state index contributed by atoms with van der Waals surface area (Å²) < 4.78 is 2.43. The Hall–Kier alpha value is -0.550. The molecule has 1 atom stereocenters. The predicted octanol–water partition coefficient (Wildman–Crippen LogP) is 0.538. The zero-order valence-electron chi connectivity index (χ0n) is 7.10. The molecule has 5 heteroatoms. The van der Waals surface area contributed by atoms with Crippen LogP contribution in [0.25, 0.3) is 0 Å². The van der Waals surface area contributed by atoms with Gasteiger partial charge in [-0.1, -0.05) is 6.92 Å². The third-order valence-electron chi connectivity index (χ3n) is 1.88. The van der Waals surface area contributed by atoms with E-state index in [0.717, 1.165) is 10.2 Å². The van der Waals surface area contributed by atoms with Crippen LogP contribution in [0.1, 0.15) is 18.4 Å². The maximum atomic E-state index is 11.3. The third kappa shape index (κ3) is 1.47. The lowest BCUT2D eigenvalue weighted by molar-refractivity contribution is 0.732. The van der Waals surface area contributed by atoms with Gasteiger partial charge in [-0.25, -0.2) is 0 Å². The van der Waals surface area contributed by atoms with Crippen LogP contribution in [-0.2, 0) is 7.05 Å². The van der Waals surface area contributed by atoms with Crippen LogP contribution in [0.5, 0.6) is 0 Å². The van der Waals surface area contributed by atoms with Gasteiger partial charge in [0.25, 0.3) is 5.56 Å². The number of aryl methyl sites for hydroxylation is 1. The van der Waals surface area contributed by atoms with Crippen molar-refractivity contribution >= 4 is 15.9 Å². The zero-order chi connectivity index (χ0) is 9.30. The molecule has 12 heavy (non-hydrogen) atoms. The Labute approximate surface area is 78.9 Å². The maximum absolute atomic E-state index is 11.3. The number of nitrogens with zero attached hydrogens (tertiary/aromatic N) is 1. The molecule has 4 nitrogen and oxygen atoms in total. The van der Waals surface area contributed by atoms with Crippen molar-refractivity contribution in [3.05, 3.63) is 20.5 Å². The van der Waals surface area contributed by atoms with E-state index in [0.29, 0.717) is 6.54 Å². The Kier molecular flexibility index (Phi) is 2.74. The lowest BCUT2D eigenvalue weighted by atomic mass is 10.1. The fraction of sp³-hybridized carbons (Fsp3) is 0.571. The van der Waals surface area contributed by atoms with E-state index in [1.807, 2.05) is 6.92 Å². The second-order valence-corrected chi connectivity index (χ2v) is 3.59. The minimum Gasteiger partial charge on any atom is -0.330 e. The van der Waals surface area contributed by atoms with Gasteiger partial charge >= 0.3 is 0 Å². The summed E-state index contributed by atoms with van der Waals surface area (Å²) in [5.41, 5.74) is 6.12.